The minimum atomic E-state index is -1.88. The average Bonchev–Trinajstić information content (AvgIpc) is 2.82. The number of benzene rings is 2. The van der Waals surface area contributed by atoms with Gasteiger partial charge in [-0.2, -0.15) is 0 Å². The van der Waals surface area contributed by atoms with Gasteiger partial charge in [0.2, 0.25) is 12.0 Å². The molecule has 1 aromatic heterocycles. The fraction of sp³-hybridized carbons (Fsp3) is 0.273. The number of fused-ring (bicyclic) bond motifs is 1. The van der Waals surface area contributed by atoms with E-state index in [1.807, 2.05) is 0 Å². The molecule has 4 rings (SSSR count). The maximum Gasteiger partial charge on any atom is 0.337 e. The van der Waals surface area contributed by atoms with Gasteiger partial charge in [0.05, 0.1) is 7.11 Å². The largest absolute Gasteiger partial charge is 0.508 e. The van der Waals surface area contributed by atoms with Crippen molar-refractivity contribution in [2.75, 3.05) is 7.11 Å². The predicted molar refractivity (Wildman–Crippen MR) is 112 cm³/mol. The molecule has 34 heavy (non-hydrogen) atoms. The average molecular weight is 476 g/mol. The van der Waals surface area contributed by atoms with E-state index in [-0.39, 0.29) is 22.5 Å². The number of ether oxygens (including phenoxy) is 3. The van der Waals surface area contributed by atoms with Gasteiger partial charge in [-0.1, -0.05) is 0 Å². The number of phenolic OH excluding ortho intramolecular Hbond substituents is 3. The van der Waals surface area contributed by atoms with Gasteiger partial charge in [-0.05, 0) is 24.3 Å². The first-order valence-corrected chi connectivity index (χ1v) is 9.88. The topological polar surface area (TPSA) is 196 Å². The van der Waals surface area contributed by atoms with E-state index in [2.05, 4.69) is 4.74 Å². The molecule has 0 unspecified atom stereocenters. The zero-order valence-electron chi connectivity index (χ0n) is 17.5. The lowest BCUT2D eigenvalue weighted by Gasteiger charge is -2.38. The van der Waals surface area contributed by atoms with Crippen molar-refractivity contribution in [2.45, 2.75) is 30.7 Å². The van der Waals surface area contributed by atoms with Gasteiger partial charge in [-0.3, -0.25) is 4.79 Å². The second-order valence-electron chi connectivity index (χ2n) is 7.50. The molecule has 0 spiro atoms. The summed E-state index contributed by atoms with van der Waals surface area (Å²) in [6.07, 6.45) is -9.09. The zero-order valence-corrected chi connectivity index (χ0v) is 17.5. The second kappa shape index (κ2) is 8.83. The number of hydrogen-bond acceptors (Lipinski definition) is 12. The van der Waals surface area contributed by atoms with E-state index in [4.69, 9.17) is 13.9 Å². The van der Waals surface area contributed by atoms with Crippen LogP contribution in [0.25, 0.3) is 22.3 Å². The summed E-state index contributed by atoms with van der Waals surface area (Å²) in [5, 5.41) is 60.1. The van der Waals surface area contributed by atoms with Crippen molar-refractivity contribution in [1.29, 1.82) is 0 Å². The molecule has 2 aromatic carbocycles. The molecule has 1 fully saturated rings. The molecule has 0 radical (unpaired) electrons. The highest BCUT2D eigenvalue weighted by molar-refractivity contribution is 5.89. The van der Waals surface area contributed by atoms with Crippen molar-refractivity contribution >= 4 is 16.9 Å². The van der Waals surface area contributed by atoms with Crippen molar-refractivity contribution in [1.82, 2.24) is 0 Å². The Bertz CT molecular complexity index is 1280. The van der Waals surface area contributed by atoms with Gasteiger partial charge >= 0.3 is 5.97 Å². The molecular weight excluding hydrogens is 456 g/mol. The fourth-order valence-corrected chi connectivity index (χ4v) is 3.51. The lowest BCUT2D eigenvalue weighted by Crippen LogP contribution is -2.61. The lowest BCUT2D eigenvalue weighted by atomic mass is 9.99. The van der Waals surface area contributed by atoms with Crippen molar-refractivity contribution in [3.8, 4) is 34.3 Å². The Hall–Kier alpha value is -3.84. The Labute approximate surface area is 190 Å². The molecule has 1 saturated heterocycles. The summed E-state index contributed by atoms with van der Waals surface area (Å²) >= 11 is 0. The zero-order chi connectivity index (χ0) is 24.7. The summed E-state index contributed by atoms with van der Waals surface area (Å²) < 4.78 is 20.8. The molecule has 1 aliphatic heterocycles. The molecule has 0 amide bonds. The SMILES string of the molecule is COC(=O)[C@H]1O[C@@H](Oc2cc3oc(-c4ccc(O)cc4)cc(=O)c3c(O)c2O)[C@H](O)[C@@H](O)[C@@H]1O. The van der Waals surface area contributed by atoms with Crippen molar-refractivity contribution in [3.63, 3.8) is 0 Å². The maximum absolute atomic E-state index is 12.6. The van der Waals surface area contributed by atoms with Crippen LogP contribution in [0.5, 0.6) is 23.0 Å². The Morgan fingerprint density at radius 2 is 1.62 bits per heavy atom. The van der Waals surface area contributed by atoms with E-state index in [1.54, 1.807) is 0 Å². The van der Waals surface area contributed by atoms with Gasteiger partial charge in [0.1, 0.15) is 40.8 Å². The van der Waals surface area contributed by atoms with Crippen LogP contribution in [0.1, 0.15) is 0 Å². The molecular formula is C22H20O12. The van der Waals surface area contributed by atoms with Crippen molar-refractivity contribution < 1.29 is 54.1 Å². The summed E-state index contributed by atoms with van der Waals surface area (Å²) in [6.45, 7) is 0. The van der Waals surface area contributed by atoms with Crippen LogP contribution >= 0.6 is 0 Å². The van der Waals surface area contributed by atoms with E-state index < -0.39 is 59.4 Å². The summed E-state index contributed by atoms with van der Waals surface area (Å²) in [5.74, 6) is -3.29. The quantitative estimate of drug-likeness (QED) is 0.217. The van der Waals surface area contributed by atoms with Crippen molar-refractivity contribution in [2.24, 2.45) is 0 Å². The van der Waals surface area contributed by atoms with Gasteiger partial charge in [0.15, 0.2) is 23.0 Å². The van der Waals surface area contributed by atoms with Crippen LogP contribution in [-0.4, -0.2) is 74.4 Å². The second-order valence-corrected chi connectivity index (χ2v) is 7.50. The number of carbonyl (C=O) groups is 1. The third-order valence-corrected chi connectivity index (χ3v) is 5.33. The smallest absolute Gasteiger partial charge is 0.337 e. The minimum Gasteiger partial charge on any atom is -0.508 e. The lowest BCUT2D eigenvalue weighted by molar-refractivity contribution is -0.272. The van der Waals surface area contributed by atoms with Gasteiger partial charge < -0.3 is 49.3 Å². The van der Waals surface area contributed by atoms with E-state index >= 15 is 0 Å². The highest BCUT2D eigenvalue weighted by atomic mass is 16.7. The van der Waals surface area contributed by atoms with Crippen LogP contribution in [0.4, 0.5) is 0 Å². The summed E-state index contributed by atoms with van der Waals surface area (Å²) in [7, 11) is 1.02. The molecule has 6 N–H and O–H groups in total. The fourth-order valence-electron chi connectivity index (χ4n) is 3.51. The molecule has 180 valence electrons. The van der Waals surface area contributed by atoms with E-state index in [0.29, 0.717) is 5.56 Å². The number of aromatic hydroxyl groups is 3. The Morgan fingerprint density at radius 3 is 2.26 bits per heavy atom. The third-order valence-electron chi connectivity index (χ3n) is 5.33. The molecule has 12 heteroatoms. The minimum absolute atomic E-state index is 0.00579. The molecule has 0 saturated carbocycles. The Balaban J connectivity index is 1.75. The summed E-state index contributed by atoms with van der Waals surface area (Å²) in [6, 6.07) is 7.85. The van der Waals surface area contributed by atoms with E-state index in [0.717, 1.165) is 19.2 Å². The first kappa shape index (κ1) is 23.3. The standard InChI is InChI=1S/C22H20O12/c1-31-21(30)20-18(28)17(27)19(29)22(34-20)33-13-7-12-14(16(26)15(13)25)10(24)6-11(32-12)8-2-4-9(23)5-3-8/h2-7,17-20,22-23,25-29H,1H3/t17-,18-,19+,20-,22+/m0/s1. The number of carbonyl (C=O) groups excluding carboxylic acids is 1. The van der Waals surface area contributed by atoms with Crippen LogP contribution in [0, 0.1) is 0 Å². The molecule has 1 aliphatic rings. The number of methoxy groups -OCH3 is 1. The highest BCUT2D eigenvalue weighted by Crippen LogP contribution is 2.42. The van der Waals surface area contributed by atoms with Crippen LogP contribution in [-0.2, 0) is 14.3 Å². The van der Waals surface area contributed by atoms with Crippen LogP contribution in [0.15, 0.2) is 45.6 Å². The molecule has 2 heterocycles. The van der Waals surface area contributed by atoms with Crippen LogP contribution < -0.4 is 10.2 Å². The molecule has 0 aliphatic carbocycles. The third kappa shape index (κ3) is 3.99. The number of rotatable bonds is 4. The predicted octanol–water partition coefficient (Wildman–Crippen LogP) is -0.0638. The summed E-state index contributed by atoms with van der Waals surface area (Å²) in [4.78, 5) is 24.4. The summed E-state index contributed by atoms with van der Waals surface area (Å²) in [5.41, 5.74) is -0.478. The molecule has 5 atom stereocenters. The molecule has 3 aromatic rings. The van der Waals surface area contributed by atoms with Gasteiger partial charge in [-0.15, -0.1) is 0 Å². The molecule has 12 nitrogen and oxygen atoms in total. The Morgan fingerprint density at radius 1 is 0.941 bits per heavy atom. The normalized spacial score (nSPS) is 24.6. The van der Waals surface area contributed by atoms with Gasteiger partial charge in [0, 0.05) is 17.7 Å². The number of aliphatic hydroxyl groups excluding tert-OH is 3. The number of phenols is 3. The van der Waals surface area contributed by atoms with Gasteiger partial charge in [-0.25, -0.2) is 4.79 Å². The first-order chi connectivity index (χ1) is 16.1. The van der Waals surface area contributed by atoms with E-state index in [1.165, 1.54) is 24.3 Å². The Kier molecular flexibility index (Phi) is 6.06. The number of aliphatic hydroxyl groups is 3. The van der Waals surface area contributed by atoms with Crippen LogP contribution in [0.2, 0.25) is 0 Å². The first-order valence-electron chi connectivity index (χ1n) is 9.88. The highest BCUT2D eigenvalue weighted by Gasteiger charge is 2.48. The van der Waals surface area contributed by atoms with Crippen molar-refractivity contribution in [3.05, 3.63) is 46.6 Å². The van der Waals surface area contributed by atoms with Gasteiger partial charge in [0.25, 0.3) is 0 Å². The van der Waals surface area contributed by atoms with E-state index in [9.17, 15) is 40.2 Å². The molecule has 0 bridgehead atoms. The number of hydrogen-bond donors (Lipinski definition) is 6. The monoisotopic (exact) mass is 476 g/mol. The maximum atomic E-state index is 12.6. The van der Waals surface area contributed by atoms with Crippen LogP contribution in [0.3, 0.4) is 0 Å². The number of esters is 1.